The van der Waals surface area contributed by atoms with Crippen LogP contribution in [-0.2, 0) is 28.6 Å². The van der Waals surface area contributed by atoms with Crippen molar-refractivity contribution in [3.05, 3.63) is 75.4 Å². The molecule has 1 unspecified atom stereocenters. The summed E-state index contributed by atoms with van der Waals surface area (Å²) in [5, 5.41) is 19.8. The Hall–Kier alpha value is -6.27. The van der Waals surface area contributed by atoms with E-state index in [0.29, 0.717) is 127 Å². The lowest BCUT2D eigenvalue weighted by Crippen LogP contribution is -2.54. The van der Waals surface area contributed by atoms with Gasteiger partial charge in [-0.05, 0) is 37.1 Å². The number of hydrogen-bond acceptors (Lipinski definition) is 16. The minimum absolute atomic E-state index is 0.0484. The number of aromatic nitrogens is 1. The van der Waals surface area contributed by atoms with Crippen LogP contribution in [-0.4, -0.2) is 155 Å². The summed E-state index contributed by atoms with van der Waals surface area (Å²) in [7, 11) is 3.05. The van der Waals surface area contributed by atoms with Crippen LogP contribution in [0.15, 0.2) is 48.7 Å². The fourth-order valence-electron chi connectivity index (χ4n) is 8.08. The van der Waals surface area contributed by atoms with Crippen molar-refractivity contribution in [1.29, 1.82) is 5.26 Å². The molecule has 0 aliphatic carbocycles. The number of imide groups is 2. The van der Waals surface area contributed by atoms with Gasteiger partial charge in [-0.2, -0.15) is 5.26 Å². The van der Waals surface area contributed by atoms with E-state index in [2.05, 4.69) is 31.9 Å². The monoisotopic (exact) mass is 974 g/mol. The van der Waals surface area contributed by atoms with E-state index in [1.807, 2.05) is 4.90 Å². The predicted octanol–water partition coefficient (Wildman–Crippen LogP) is 5.04. The third-order valence-electron chi connectivity index (χ3n) is 11.6. The number of methoxy groups -OCH3 is 2. The highest BCUT2D eigenvalue weighted by molar-refractivity contribution is 6.37. The number of piperazine rings is 1. The molecule has 19 nitrogen and oxygen atoms in total. The van der Waals surface area contributed by atoms with E-state index in [0.717, 1.165) is 31.0 Å². The lowest BCUT2D eigenvalue weighted by atomic mass is 10.0. The van der Waals surface area contributed by atoms with Crippen molar-refractivity contribution >= 4 is 80.7 Å². The smallest absolute Gasteiger partial charge is 0.264 e. The number of nitriles is 1. The Morgan fingerprint density at radius 3 is 2.31 bits per heavy atom. The molecule has 1 atom stereocenters. The van der Waals surface area contributed by atoms with E-state index in [1.54, 1.807) is 49.6 Å². The molecule has 3 aromatic carbocycles. The Morgan fingerprint density at radius 2 is 1.59 bits per heavy atom. The third kappa shape index (κ3) is 11.9. The van der Waals surface area contributed by atoms with Crippen molar-refractivity contribution in [2.45, 2.75) is 31.7 Å². The van der Waals surface area contributed by atoms with E-state index >= 15 is 0 Å². The van der Waals surface area contributed by atoms with Gasteiger partial charge in [-0.25, -0.2) is 0 Å². The summed E-state index contributed by atoms with van der Waals surface area (Å²) in [5.41, 5.74) is 2.74. The number of benzene rings is 3. The van der Waals surface area contributed by atoms with Crippen LogP contribution in [0.3, 0.4) is 0 Å². The lowest BCUT2D eigenvalue weighted by Gasteiger charge is -2.34. The molecular formula is C47H52Cl2N8O11. The minimum atomic E-state index is -1.03. The Bertz CT molecular complexity index is 2570. The molecule has 3 N–H and O–H groups in total. The van der Waals surface area contributed by atoms with Gasteiger partial charge in [0.2, 0.25) is 17.7 Å². The van der Waals surface area contributed by atoms with Crippen LogP contribution >= 0.6 is 23.2 Å². The molecule has 4 heterocycles. The summed E-state index contributed by atoms with van der Waals surface area (Å²) < 4.78 is 34.1. The average Bonchev–Trinajstić information content (AvgIpc) is 3.59. The zero-order valence-corrected chi connectivity index (χ0v) is 39.2. The molecule has 5 amide bonds. The number of rotatable bonds is 23. The molecule has 360 valence electrons. The van der Waals surface area contributed by atoms with Crippen molar-refractivity contribution < 1.29 is 52.4 Å². The van der Waals surface area contributed by atoms with E-state index in [4.69, 9.17) is 51.6 Å². The van der Waals surface area contributed by atoms with E-state index in [1.165, 1.54) is 13.3 Å². The van der Waals surface area contributed by atoms with Crippen molar-refractivity contribution in [3.8, 4) is 23.3 Å². The van der Waals surface area contributed by atoms with Crippen LogP contribution < -0.4 is 30.2 Å². The zero-order valence-electron chi connectivity index (χ0n) is 37.7. The normalized spacial score (nSPS) is 16.1. The standard InChI is InChI=1S/C47H52Cl2N8O11/c1-63-38-26-36(32(48)24-33(38)49)53-44-29(27-50)28-52-35-25-40(39(64-2)23-31(35)44)68-16-4-11-55-12-14-56(15-13-55)42(59)9-17-65-19-21-67-22-20-66-18-10-51-34-6-3-5-30-43(34)47(62)57(46(30)61)37-7-8-41(58)54-45(37)60/h3,5-6,23-26,28,37,51H,4,7-22H2,1-2H3,(H,52,53)(H,54,58,60). The SMILES string of the molecule is COc1cc(Nc2c(C#N)cnc3cc(OCCCN4CCN(C(=O)CCOCCOCCOCCNc5cccc6c5C(=O)N(C5CCC(=O)NC5=O)C6=O)CC4)c(OC)cc23)c(Cl)cc1Cl. The Labute approximate surface area is 402 Å². The number of pyridine rings is 1. The van der Waals surface area contributed by atoms with E-state index in [9.17, 15) is 29.2 Å². The van der Waals surface area contributed by atoms with Crippen molar-refractivity contribution in [3.63, 3.8) is 0 Å². The number of nitrogens with one attached hydrogen (secondary N) is 3. The van der Waals surface area contributed by atoms with Gasteiger partial charge in [0.25, 0.3) is 11.8 Å². The third-order valence-corrected chi connectivity index (χ3v) is 12.2. The largest absolute Gasteiger partial charge is 0.495 e. The summed E-state index contributed by atoms with van der Waals surface area (Å²) in [6.45, 7) is 6.29. The van der Waals surface area contributed by atoms with Gasteiger partial charge in [0, 0.05) is 75.1 Å². The van der Waals surface area contributed by atoms with Crippen molar-refractivity contribution in [2.75, 3.05) is 110 Å². The first kappa shape index (κ1) is 49.6. The summed E-state index contributed by atoms with van der Waals surface area (Å²) in [6, 6.07) is 12.8. The second-order valence-corrected chi connectivity index (χ2v) is 16.7. The van der Waals surface area contributed by atoms with Crippen molar-refractivity contribution in [2.24, 2.45) is 0 Å². The van der Waals surface area contributed by atoms with Gasteiger partial charge >= 0.3 is 0 Å². The predicted molar refractivity (Wildman–Crippen MR) is 251 cm³/mol. The number of amides is 5. The molecule has 0 spiro atoms. The number of carbonyl (C=O) groups is 5. The molecule has 2 fully saturated rings. The molecule has 3 aliphatic rings. The zero-order chi connectivity index (χ0) is 48.2. The van der Waals surface area contributed by atoms with Crippen LogP contribution in [0.2, 0.25) is 10.0 Å². The van der Waals surface area contributed by atoms with Gasteiger partial charge in [-0.3, -0.25) is 44.1 Å². The maximum Gasteiger partial charge on any atom is 0.264 e. The second-order valence-electron chi connectivity index (χ2n) is 15.9. The molecule has 0 radical (unpaired) electrons. The molecule has 68 heavy (non-hydrogen) atoms. The van der Waals surface area contributed by atoms with Crippen LogP contribution in [0.4, 0.5) is 17.1 Å². The number of nitrogens with zero attached hydrogens (tertiary/aromatic N) is 5. The first-order valence-corrected chi connectivity index (χ1v) is 22.9. The minimum Gasteiger partial charge on any atom is -0.495 e. The molecule has 0 bridgehead atoms. The number of halogens is 2. The molecular weight excluding hydrogens is 923 g/mol. The molecule has 7 rings (SSSR count). The topological polar surface area (TPSA) is 223 Å². The number of carbonyl (C=O) groups excluding carboxylic acids is 5. The van der Waals surface area contributed by atoms with Gasteiger partial charge < -0.3 is 44.0 Å². The number of ether oxygens (including phenoxy) is 6. The molecule has 3 aliphatic heterocycles. The van der Waals surface area contributed by atoms with Crippen LogP contribution in [0.25, 0.3) is 10.9 Å². The maximum absolute atomic E-state index is 13.2. The Morgan fingerprint density at radius 1 is 0.853 bits per heavy atom. The van der Waals surface area contributed by atoms with E-state index < -0.39 is 29.7 Å². The molecule has 0 saturated carbocycles. The van der Waals surface area contributed by atoms with Gasteiger partial charge in [-0.1, -0.05) is 29.3 Å². The highest BCUT2D eigenvalue weighted by Gasteiger charge is 2.45. The number of fused-ring (bicyclic) bond motifs is 2. The van der Waals surface area contributed by atoms with Crippen LogP contribution in [0, 0.1) is 11.3 Å². The lowest BCUT2D eigenvalue weighted by molar-refractivity contribution is -0.136. The quantitative estimate of drug-likeness (QED) is 0.0654. The summed E-state index contributed by atoms with van der Waals surface area (Å²) in [4.78, 5) is 72.7. The van der Waals surface area contributed by atoms with E-state index in [-0.39, 0.29) is 36.3 Å². The van der Waals surface area contributed by atoms with Crippen LogP contribution in [0.5, 0.6) is 17.2 Å². The van der Waals surface area contributed by atoms with Crippen molar-refractivity contribution in [1.82, 2.24) is 25.0 Å². The number of hydrogen-bond donors (Lipinski definition) is 3. The molecule has 4 aromatic rings. The first-order valence-electron chi connectivity index (χ1n) is 22.2. The number of piperidine rings is 1. The first-order chi connectivity index (χ1) is 33.0. The molecule has 1 aromatic heterocycles. The second kappa shape index (κ2) is 23.6. The van der Waals surface area contributed by atoms with Gasteiger partial charge in [-0.15, -0.1) is 0 Å². The maximum atomic E-state index is 13.2. The average molecular weight is 976 g/mol. The highest BCUT2D eigenvalue weighted by Crippen LogP contribution is 2.41. The van der Waals surface area contributed by atoms with Gasteiger partial charge in [0.05, 0.1) is 111 Å². The summed E-state index contributed by atoms with van der Waals surface area (Å²) >= 11 is 12.7. The molecule has 2 saturated heterocycles. The number of anilines is 3. The van der Waals surface area contributed by atoms with Crippen LogP contribution in [0.1, 0.15) is 52.0 Å². The van der Waals surface area contributed by atoms with Gasteiger partial charge in [0.15, 0.2) is 11.5 Å². The molecule has 21 heteroatoms. The fraction of sp³-hybridized carbons (Fsp3) is 0.426. The van der Waals surface area contributed by atoms with Gasteiger partial charge in [0.1, 0.15) is 17.9 Å². The summed E-state index contributed by atoms with van der Waals surface area (Å²) in [6.07, 6.45) is 2.65. The Balaban J connectivity index is 0.733. The fourth-order valence-corrected chi connectivity index (χ4v) is 8.59. The summed E-state index contributed by atoms with van der Waals surface area (Å²) in [5.74, 6) is -0.755. The Kier molecular flexibility index (Phi) is 17.3. The highest BCUT2D eigenvalue weighted by atomic mass is 35.5.